The Bertz CT molecular complexity index is 772. The summed E-state index contributed by atoms with van der Waals surface area (Å²) in [4.78, 5) is 0. The van der Waals surface area contributed by atoms with Crippen LogP contribution in [0.15, 0.2) is 35.0 Å². The fraction of sp³-hybridized carbons (Fsp3) is 0.0769. The van der Waals surface area contributed by atoms with E-state index in [9.17, 15) is 8.78 Å². The summed E-state index contributed by atoms with van der Waals surface area (Å²) in [6, 6.07) is 7.11. The Kier molecular flexibility index (Phi) is 2.94. The molecule has 3 N–H and O–H groups in total. The Morgan fingerprint density at radius 2 is 1.85 bits per heavy atom. The second kappa shape index (κ2) is 4.76. The lowest BCUT2D eigenvalue weighted by atomic mass is 10.2. The van der Waals surface area contributed by atoms with Crippen molar-refractivity contribution in [2.24, 2.45) is 0 Å². The normalized spacial score (nSPS) is 10.9. The van der Waals surface area contributed by atoms with E-state index in [2.05, 4.69) is 20.3 Å². The second-order valence-corrected chi connectivity index (χ2v) is 4.27. The van der Waals surface area contributed by atoms with E-state index in [0.29, 0.717) is 34.5 Å². The van der Waals surface area contributed by atoms with Gasteiger partial charge in [-0.05, 0) is 40.1 Å². The zero-order valence-electron chi connectivity index (χ0n) is 10.2. The number of benzene rings is 2. The highest BCUT2D eigenvalue weighted by molar-refractivity contribution is 5.94. The van der Waals surface area contributed by atoms with Crippen LogP contribution in [0.25, 0.3) is 11.0 Å². The molecule has 3 aromatic rings. The van der Waals surface area contributed by atoms with Gasteiger partial charge >= 0.3 is 0 Å². The van der Waals surface area contributed by atoms with Gasteiger partial charge in [-0.3, -0.25) is 0 Å². The number of nitrogens with one attached hydrogen (secondary N) is 1. The van der Waals surface area contributed by atoms with Crippen molar-refractivity contribution in [3.63, 3.8) is 0 Å². The van der Waals surface area contributed by atoms with E-state index in [4.69, 9.17) is 5.73 Å². The number of fused-ring (bicyclic) bond motifs is 1. The molecule has 0 bridgehead atoms. The monoisotopic (exact) mass is 276 g/mol. The van der Waals surface area contributed by atoms with Gasteiger partial charge in [-0.25, -0.2) is 13.4 Å². The first kappa shape index (κ1) is 12.3. The maximum absolute atomic E-state index is 13.1. The van der Waals surface area contributed by atoms with Crippen LogP contribution >= 0.6 is 0 Å². The molecule has 0 radical (unpaired) electrons. The molecule has 1 heterocycles. The predicted octanol–water partition coefficient (Wildman–Crippen LogP) is 2.70. The number of nitrogens with zero attached hydrogens (tertiary/aromatic N) is 2. The van der Waals surface area contributed by atoms with Crippen molar-refractivity contribution in [3.05, 3.63) is 47.5 Å². The van der Waals surface area contributed by atoms with E-state index in [1.54, 1.807) is 12.1 Å². The summed E-state index contributed by atoms with van der Waals surface area (Å²) in [5.74, 6) is -1.75. The van der Waals surface area contributed by atoms with E-state index >= 15 is 0 Å². The average Bonchev–Trinajstić information content (AvgIpc) is 2.92. The molecule has 0 saturated heterocycles. The van der Waals surface area contributed by atoms with Crippen LogP contribution in [0.5, 0.6) is 0 Å². The highest BCUT2D eigenvalue weighted by Gasteiger charge is 2.10. The van der Waals surface area contributed by atoms with Gasteiger partial charge in [0.15, 0.2) is 22.7 Å². The molecule has 20 heavy (non-hydrogen) atoms. The smallest absolute Gasteiger partial charge is 0.160 e. The molecule has 0 unspecified atom stereocenters. The van der Waals surface area contributed by atoms with Crippen LogP contribution in [0.2, 0.25) is 0 Å². The van der Waals surface area contributed by atoms with Crippen molar-refractivity contribution in [1.29, 1.82) is 0 Å². The van der Waals surface area contributed by atoms with Gasteiger partial charge in [0.2, 0.25) is 0 Å². The summed E-state index contributed by atoms with van der Waals surface area (Å²) in [6.07, 6.45) is 0. The van der Waals surface area contributed by atoms with Crippen LogP contribution in [0, 0.1) is 11.6 Å². The number of nitrogen functional groups attached to an aromatic ring is 1. The van der Waals surface area contributed by atoms with Crippen LogP contribution in [0.1, 0.15) is 5.56 Å². The lowest BCUT2D eigenvalue weighted by Crippen LogP contribution is -2.01. The molecule has 0 atom stereocenters. The maximum atomic E-state index is 13.1. The quantitative estimate of drug-likeness (QED) is 0.719. The van der Waals surface area contributed by atoms with E-state index in [-0.39, 0.29) is 0 Å². The fourth-order valence-corrected chi connectivity index (χ4v) is 1.88. The minimum absolute atomic E-state index is 0.309. The van der Waals surface area contributed by atoms with E-state index < -0.39 is 11.6 Å². The van der Waals surface area contributed by atoms with E-state index in [0.717, 1.165) is 12.1 Å². The molecule has 0 aliphatic rings. The minimum atomic E-state index is -0.880. The van der Waals surface area contributed by atoms with Gasteiger partial charge in [-0.1, -0.05) is 6.07 Å². The number of nitrogens with two attached hydrogens (primary N) is 1. The molecule has 102 valence electrons. The zero-order valence-corrected chi connectivity index (χ0v) is 10.2. The summed E-state index contributed by atoms with van der Waals surface area (Å²) >= 11 is 0. The third kappa shape index (κ3) is 2.13. The third-order valence-electron chi connectivity index (χ3n) is 2.91. The molecule has 0 spiro atoms. The lowest BCUT2D eigenvalue weighted by molar-refractivity contribution is 0.316. The van der Waals surface area contributed by atoms with Gasteiger partial charge < -0.3 is 11.1 Å². The molecule has 0 aliphatic carbocycles. The van der Waals surface area contributed by atoms with Gasteiger partial charge in [-0.2, -0.15) is 0 Å². The summed E-state index contributed by atoms with van der Waals surface area (Å²) in [5.41, 5.74) is 8.40. The van der Waals surface area contributed by atoms with Crippen LogP contribution in [-0.2, 0) is 6.54 Å². The number of rotatable bonds is 3. The highest BCUT2D eigenvalue weighted by Crippen LogP contribution is 2.25. The van der Waals surface area contributed by atoms with Crippen molar-refractivity contribution in [2.75, 3.05) is 11.1 Å². The summed E-state index contributed by atoms with van der Waals surface area (Å²) in [7, 11) is 0. The van der Waals surface area contributed by atoms with Gasteiger partial charge in [0.1, 0.15) is 0 Å². The molecule has 0 saturated carbocycles. The summed E-state index contributed by atoms with van der Waals surface area (Å²) < 4.78 is 30.6. The number of hydrogen-bond donors (Lipinski definition) is 2. The standard InChI is InChI=1S/C13H10F2N4O/c14-8-2-1-7(5-9(8)15)6-17-11-4-3-10(16)12-13(11)19-20-18-12/h1-5,17H,6,16H2. The fourth-order valence-electron chi connectivity index (χ4n) is 1.88. The molecule has 3 rings (SSSR count). The van der Waals surface area contributed by atoms with Crippen molar-refractivity contribution in [3.8, 4) is 0 Å². The van der Waals surface area contributed by atoms with Crippen molar-refractivity contribution < 1.29 is 13.4 Å². The SMILES string of the molecule is Nc1ccc(NCc2ccc(F)c(F)c2)c2nonc12. The van der Waals surface area contributed by atoms with Gasteiger partial charge in [-0.15, -0.1) is 0 Å². The zero-order chi connectivity index (χ0) is 14.1. The van der Waals surface area contributed by atoms with Crippen LogP contribution in [0.3, 0.4) is 0 Å². The predicted molar refractivity (Wildman–Crippen MR) is 69.9 cm³/mol. The molecule has 5 nitrogen and oxygen atoms in total. The Balaban J connectivity index is 1.85. The van der Waals surface area contributed by atoms with E-state index in [1.807, 2.05) is 0 Å². The van der Waals surface area contributed by atoms with Crippen LogP contribution in [0.4, 0.5) is 20.2 Å². The summed E-state index contributed by atoms with van der Waals surface area (Å²) in [5, 5.41) is 10.5. The highest BCUT2D eigenvalue weighted by atomic mass is 19.2. The first-order valence-corrected chi connectivity index (χ1v) is 5.83. The number of anilines is 2. The molecular formula is C13H10F2N4O. The Morgan fingerprint density at radius 1 is 1.05 bits per heavy atom. The van der Waals surface area contributed by atoms with E-state index in [1.165, 1.54) is 6.07 Å². The van der Waals surface area contributed by atoms with Crippen LogP contribution in [-0.4, -0.2) is 10.3 Å². The van der Waals surface area contributed by atoms with Crippen molar-refractivity contribution in [2.45, 2.75) is 6.54 Å². The van der Waals surface area contributed by atoms with Gasteiger partial charge in [0.05, 0.1) is 11.4 Å². The maximum Gasteiger partial charge on any atom is 0.160 e. The Labute approximate surface area is 112 Å². The number of halogens is 2. The second-order valence-electron chi connectivity index (χ2n) is 4.27. The number of hydrogen-bond acceptors (Lipinski definition) is 5. The molecule has 7 heteroatoms. The third-order valence-corrected chi connectivity index (χ3v) is 2.91. The summed E-state index contributed by atoms with van der Waals surface area (Å²) in [6.45, 7) is 0.309. The Hall–Kier alpha value is -2.70. The van der Waals surface area contributed by atoms with Gasteiger partial charge in [0.25, 0.3) is 0 Å². The number of aromatic nitrogens is 2. The Morgan fingerprint density at radius 3 is 2.65 bits per heavy atom. The molecular weight excluding hydrogens is 266 g/mol. The molecule has 2 aromatic carbocycles. The van der Waals surface area contributed by atoms with Crippen LogP contribution < -0.4 is 11.1 Å². The molecule has 0 aliphatic heterocycles. The first-order valence-electron chi connectivity index (χ1n) is 5.83. The molecule has 0 amide bonds. The topological polar surface area (TPSA) is 77.0 Å². The van der Waals surface area contributed by atoms with Gasteiger partial charge in [0, 0.05) is 6.54 Å². The average molecular weight is 276 g/mol. The minimum Gasteiger partial charge on any atom is -0.397 e. The first-order chi connectivity index (χ1) is 9.65. The van der Waals surface area contributed by atoms with Crippen molar-refractivity contribution in [1.82, 2.24) is 10.3 Å². The molecule has 0 fully saturated rings. The lowest BCUT2D eigenvalue weighted by Gasteiger charge is -2.07. The largest absolute Gasteiger partial charge is 0.397 e. The molecule has 1 aromatic heterocycles. The van der Waals surface area contributed by atoms with Crippen molar-refractivity contribution >= 4 is 22.4 Å².